The Morgan fingerprint density at radius 2 is 1.85 bits per heavy atom. The van der Waals surface area contributed by atoms with Crippen LogP contribution < -0.4 is 10.6 Å². The number of carbonyl (C=O) groups is 3. The molecule has 0 radical (unpaired) electrons. The second-order valence-electron chi connectivity index (χ2n) is 10.9. The van der Waals surface area contributed by atoms with E-state index in [1.54, 1.807) is 26.8 Å². The normalized spacial score (nSPS) is 17.7. The van der Waals surface area contributed by atoms with E-state index >= 15 is 0 Å². The Hall–Kier alpha value is -3.56. The van der Waals surface area contributed by atoms with Crippen LogP contribution in [0.25, 0.3) is 0 Å². The predicted molar refractivity (Wildman–Crippen MR) is 144 cm³/mol. The van der Waals surface area contributed by atoms with Crippen molar-refractivity contribution in [1.82, 2.24) is 20.5 Å². The summed E-state index contributed by atoms with van der Waals surface area (Å²) in [6.07, 6.45) is -0.0341. The monoisotopic (exact) mass is 544 g/mol. The molecule has 0 spiro atoms. The van der Waals surface area contributed by atoms with E-state index in [1.165, 1.54) is 13.1 Å². The molecule has 2 aromatic rings. The number of piperidine rings is 1. The van der Waals surface area contributed by atoms with Gasteiger partial charge < -0.3 is 20.3 Å². The molecule has 2 heterocycles. The minimum absolute atomic E-state index is 0.124. The molecule has 39 heavy (non-hydrogen) atoms. The quantitative estimate of drug-likeness (QED) is 0.456. The molecule has 3 amide bonds. The molecule has 2 atom stereocenters. The van der Waals surface area contributed by atoms with Crippen molar-refractivity contribution in [3.05, 3.63) is 65.0 Å². The maximum absolute atomic E-state index is 14.8. The van der Waals surface area contributed by atoms with Gasteiger partial charge in [-0.2, -0.15) is 0 Å². The first-order chi connectivity index (χ1) is 18.3. The predicted octanol–water partition coefficient (Wildman–Crippen LogP) is 5.00. The largest absolute Gasteiger partial charge is 0.444 e. The minimum Gasteiger partial charge on any atom is -0.444 e. The zero-order chi connectivity index (χ0) is 28.8. The van der Waals surface area contributed by atoms with E-state index in [4.69, 9.17) is 4.74 Å². The van der Waals surface area contributed by atoms with Gasteiger partial charge in [-0.25, -0.2) is 18.6 Å². The molecule has 212 valence electrons. The molecular formula is C29H38F2N4O4. The molecule has 0 aliphatic carbocycles. The highest BCUT2D eigenvalue weighted by atomic mass is 19.3. The Labute approximate surface area is 228 Å². The Kier molecular flexibility index (Phi) is 9.63. The Balaban J connectivity index is 1.59. The number of aromatic nitrogens is 1. The average molecular weight is 545 g/mol. The second kappa shape index (κ2) is 12.5. The maximum Gasteiger partial charge on any atom is 0.410 e. The summed E-state index contributed by atoms with van der Waals surface area (Å²) in [6.45, 7) is 6.74. The summed E-state index contributed by atoms with van der Waals surface area (Å²) < 4.78 is 34.8. The van der Waals surface area contributed by atoms with Gasteiger partial charge in [-0.3, -0.25) is 9.59 Å². The molecule has 1 fully saturated rings. The zero-order valence-corrected chi connectivity index (χ0v) is 23.2. The van der Waals surface area contributed by atoms with Crippen molar-refractivity contribution < 1.29 is 27.9 Å². The molecule has 0 saturated carbocycles. The van der Waals surface area contributed by atoms with Crippen LogP contribution in [-0.2, 0) is 4.74 Å². The van der Waals surface area contributed by atoms with Crippen LogP contribution in [0.3, 0.4) is 0 Å². The van der Waals surface area contributed by atoms with Crippen molar-refractivity contribution in [3.8, 4) is 0 Å². The second-order valence-corrected chi connectivity index (χ2v) is 10.9. The molecule has 1 aromatic heterocycles. The van der Waals surface area contributed by atoms with Crippen LogP contribution in [0, 0.1) is 5.92 Å². The van der Waals surface area contributed by atoms with Crippen LogP contribution in [0.4, 0.5) is 13.6 Å². The van der Waals surface area contributed by atoms with E-state index in [9.17, 15) is 23.2 Å². The Bertz CT molecular complexity index is 1170. The van der Waals surface area contributed by atoms with Crippen LogP contribution in [0.2, 0.25) is 0 Å². The van der Waals surface area contributed by atoms with Gasteiger partial charge >= 0.3 is 6.09 Å². The van der Waals surface area contributed by atoms with Gasteiger partial charge in [0.25, 0.3) is 17.7 Å². The standard InChI is InChI=1S/C29H38F2N4O4/c1-19(20-10-7-6-8-11-20)23-16-21(17-24(34-23)26(37)32-5)25(36)33-14-9-12-22-13-15-35(18-29(22,30)31)27(38)39-28(2,3)4/h6-8,10-11,16-17,19,22H,9,12-15,18H2,1-5H3,(H,32,37)(H,33,36)/t19-,22-/m0/s1. The van der Waals surface area contributed by atoms with E-state index < -0.39 is 41.9 Å². The van der Waals surface area contributed by atoms with Gasteiger partial charge in [0.15, 0.2) is 0 Å². The van der Waals surface area contributed by atoms with Crippen molar-refractivity contribution in [3.63, 3.8) is 0 Å². The first kappa shape index (κ1) is 30.0. The van der Waals surface area contributed by atoms with Gasteiger partial charge in [0.2, 0.25) is 0 Å². The highest BCUT2D eigenvalue weighted by Crippen LogP contribution is 2.36. The van der Waals surface area contributed by atoms with Crippen molar-refractivity contribution in [2.45, 2.75) is 64.4 Å². The van der Waals surface area contributed by atoms with Crippen molar-refractivity contribution in [2.75, 3.05) is 26.7 Å². The van der Waals surface area contributed by atoms with E-state index in [-0.39, 0.29) is 43.1 Å². The van der Waals surface area contributed by atoms with Crippen LogP contribution in [0.15, 0.2) is 42.5 Å². The van der Waals surface area contributed by atoms with E-state index in [2.05, 4.69) is 15.6 Å². The first-order valence-electron chi connectivity index (χ1n) is 13.2. The number of nitrogens with zero attached hydrogens (tertiary/aromatic N) is 2. The summed E-state index contributed by atoms with van der Waals surface area (Å²) in [5.74, 6) is -4.92. The number of carbonyl (C=O) groups excluding carboxylic acids is 3. The number of nitrogens with one attached hydrogen (secondary N) is 2. The highest BCUT2D eigenvalue weighted by Gasteiger charge is 2.46. The fraction of sp³-hybridized carbons (Fsp3) is 0.517. The fourth-order valence-electron chi connectivity index (χ4n) is 4.54. The summed E-state index contributed by atoms with van der Waals surface area (Å²) >= 11 is 0. The van der Waals surface area contributed by atoms with Crippen LogP contribution in [-0.4, -0.2) is 66.0 Å². The number of pyridine rings is 1. The molecule has 3 rings (SSSR count). The number of rotatable bonds is 8. The molecule has 1 aliphatic heterocycles. The lowest BCUT2D eigenvalue weighted by atomic mass is 9.89. The smallest absolute Gasteiger partial charge is 0.410 e. The molecule has 0 bridgehead atoms. The lowest BCUT2D eigenvalue weighted by molar-refractivity contribution is -0.112. The average Bonchev–Trinajstić information content (AvgIpc) is 2.89. The number of amides is 3. The SMILES string of the molecule is CNC(=O)c1cc(C(=O)NCCC[C@H]2CCN(C(=O)OC(C)(C)C)CC2(F)F)cc([C@@H](C)c2ccccc2)n1. The van der Waals surface area contributed by atoms with Gasteiger partial charge in [0, 0.05) is 43.2 Å². The molecule has 1 aliphatic rings. The number of ether oxygens (including phenoxy) is 1. The minimum atomic E-state index is -3.05. The topological polar surface area (TPSA) is 101 Å². The third kappa shape index (κ3) is 8.21. The van der Waals surface area contributed by atoms with Crippen LogP contribution in [0.1, 0.15) is 85.0 Å². The van der Waals surface area contributed by atoms with Gasteiger partial charge in [0.1, 0.15) is 11.3 Å². The third-order valence-electron chi connectivity index (χ3n) is 6.72. The zero-order valence-electron chi connectivity index (χ0n) is 23.2. The summed E-state index contributed by atoms with van der Waals surface area (Å²) in [7, 11) is 1.49. The van der Waals surface area contributed by atoms with Gasteiger partial charge in [-0.05, 0) is 57.7 Å². The molecule has 1 saturated heterocycles. The summed E-state index contributed by atoms with van der Waals surface area (Å²) in [6, 6.07) is 12.7. The molecule has 8 nitrogen and oxygen atoms in total. The summed E-state index contributed by atoms with van der Waals surface area (Å²) in [5, 5.41) is 5.31. The van der Waals surface area contributed by atoms with Gasteiger partial charge in [0.05, 0.1) is 6.54 Å². The molecule has 0 unspecified atom stereocenters. The number of halogens is 2. The van der Waals surface area contributed by atoms with Crippen molar-refractivity contribution >= 4 is 17.9 Å². The van der Waals surface area contributed by atoms with Gasteiger partial charge in [-0.1, -0.05) is 37.3 Å². The molecule has 2 N–H and O–H groups in total. The summed E-state index contributed by atoms with van der Waals surface area (Å²) in [5.41, 5.74) is 1.21. The Morgan fingerprint density at radius 3 is 2.46 bits per heavy atom. The van der Waals surface area contributed by atoms with E-state index in [0.717, 1.165) is 10.5 Å². The maximum atomic E-state index is 14.8. The summed E-state index contributed by atoms with van der Waals surface area (Å²) in [4.78, 5) is 43.0. The Morgan fingerprint density at radius 1 is 1.15 bits per heavy atom. The number of alkyl halides is 2. The van der Waals surface area contributed by atoms with Crippen molar-refractivity contribution in [2.24, 2.45) is 5.92 Å². The number of likely N-dealkylation sites (tertiary alicyclic amines) is 1. The van der Waals surface area contributed by atoms with Crippen LogP contribution >= 0.6 is 0 Å². The lowest BCUT2D eigenvalue weighted by Crippen LogP contribution is -2.51. The van der Waals surface area contributed by atoms with Gasteiger partial charge in [-0.15, -0.1) is 0 Å². The number of benzene rings is 1. The lowest BCUT2D eigenvalue weighted by Gasteiger charge is -2.38. The molecule has 10 heteroatoms. The fourth-order valence-corrected chi connectivity index (χ4v) is 4.54. The molecule has 1 aromatic carbocycles. The molecular weight excluding hydrogens is 506 g/mol. The van der Waals surface area contributed by atoms with Crippen LogP contribution in [0.5, 0.6) is 0 Å². The van der Waals surface area contributed by atoms with E-state index in [1.807, 2.05) is 37.3 Å². The number of hydrogen-bond acceptors (Lipinski definition) is 5. The third-order valence-corrected chi connectivity index (χ3v) is 6.72. The first-order valence-corrected chi connectivity index (χ1v) is 13.2. The van der Waals surface area contributed by atoms with Crippen molar-refractivity contribution in [1.29, 1.82) is 0 Å². The number of hydrogen-bond donors (Lipinski definition) is 2. The highest BCUT2D eigenvalue weighted by molar-refractivity contribution is 5.98. The van der Waals surface area contributed by atoms with E-state index in [0.29, 0.717) is 12.1 Å².